The molecule has 26 heavy (non-hydrogen) atoms. The number of hydrogen-bond acceptors (Lipinski definition) is 5. The van der Waals surface area contributed by atoms with Crippen molar-refractivity contribution in [2.45, 2.75) is 18.8 Å². The summed E-state index contributed by atoms with van der Waals surface area (Å²) in [6.45, 7) is 1.05. The van der Waals surface area contributed by atoms with Crippen LogP contribution in [-0.2, 0) is 0 Å². The first-order chi connectivity index (χ1) is 12.5. The molecule has 1 amide bonds. The maximum absolute atomic E-state index is 13.5. The van der Waals surface area contributed by atoms with Gasteiger partial charge in [0, 0.05) is 30.0 Å². The largest absolute Gasteiger partial charge is 0.504 e. The van der Waals surface area contributed by atoms with Gasteiger partial charge >= 0.3 is 0 Å². The SMILES string of the molecule is O=C(c1ccc(O)c(O)c1)N1CCC(c2noc3ccc(F)cc23)CC1. The van der Waals surface area contributed by atoms with E-state index < -0.39 is 0 Å². The fraction of sp³-hybridized carbons (Fsp3) is 0.263. The molecule has 0 saturated carbocycles. The number of phenols is 2. The molecule has 7 heteroatoms. The first kappa shape index (κ1) is 16.4. The molecule has 1 aromatic heterocycles. The van der Waals surface area contributed by atoms with Gasteiger partial charge < -0.3 is 19.6 Å². The van der Waals surface area contributed by atoms with Gasteiger partial charge in [-0.1, -0.05) is 5.16 Å². The number of piperidine rings is 1. The molecular formula is C19H17FN2O4. The molecule has 6 nitrogen and oxygen atoms in total. The number of rotatable bonds is 2. The number of carbonyl (C=O) groups excluding carboxylic acids is 1. The molecule has 2 N–H and O–H groups in total. The number of halogens is 1. The van der Waals surface area contributed by atoms with Gasteiger partial charge in [-0.3, -0.25) is 4.79 Å². The number of aromatic hydroxyl groups is 2. The van der Waals surface area contributed by atoms with E-state index >= 15 is 0 Å². The van der Waals surface area contributed by atoms with Crippen LogP contribution in [0.1, 0.15) is 34.8 Å². The molecule has 1 fully saturated rings. The third-order valence-electron chi connectivity index (χ3n) is 4.85. The number of phenolic OH excluding ortho intramolecular Hbond substituents is 2. The molecule has 4 rings (SSSR count). The Hall–Kier alpha value is -3.09. The minimum atomic E-state index is -0.332. The monoisotopic (exact) mass is 356 g/mol. The zero-order valence-electron chi connectivity index (χ0n) is 13.9. The topological polar surface area (TPSA) is 86.8 Å². The van der Waals surface area contributed by atoms with Crippen LogP contribution in [0.3, 0.4) is 0 Å². The van der Waals surface area contributed by atoms with E-state index in [2.05, 4.69) is 5.16 Å². The second-order valence-corrected chi connectivity index (χ2v) is 6.48. The van der Waals surface area contributed by atoms with Crippen LogP contribution in [0.15, 0.2) is 40.9 Å². The summed E-state index contributed by atoms with van der Waals surface area (Å²) in [5.41, 5.74) is 1.61. The number of likely N-dealkylation sites (tertiary alicyclic amines) is 1. The highest BCUT2D eigenvalue weighted by Crippen LogP contribution is 2.33. The standard InChI is InChI=1S/C19H17FN2O4/c20-13-2-4-17-14(10-13)18(21-26-17)11-5-7-22(8-6-11)19(25)12-1-3-15(23)16(24)9-12/h1-4,9-11,23-24H,5-8H2. The van der Waals surface area contributed by atoms with Crippen molar-refractivity contribution in [2.24, 2.45) is 0 Å². The fourth-order valence-corrected chi connectivity index (χ4v) is 3.42. The smallest absolute Gasteiger partial charge is 0.253 e. The molecule has 1 saturated heterocycles. The molecule has 0 spiro atoms. The Morgan fingerprint density at radius 2 is 1.88 bits per heavy atom. The van der Waals surface area contributed by atoms with Crippen LogP contribution in [0.4, 0.5) is 4.39 Å². The van der Waals surface area contributed by atoms with Gasteiger partial charge in [0.1, 0.15) is 5.82 Å². The maximum Gasteiger partial charge on any atom is 0.253 e. The summed E-state index contributed by atoms with van der Waals surface area (Å²) in [6, 6.07) is 8.38. The van der Waals surface area contributed by atoms with Crippen molar-refractivity contribution >= 4 is 16.9 Å². The van der Waals surface area contributed by atoms with E-state index in [1.165, 1.54) is 30.3 Å². The highest BCUT2D eigenvalue weighted by atomic mass is 19.1. The Balaban J connectivity index is 1.49. The lowest BCUT2D eigenvalue weighted by Crippen LogP contribution is -2.38. The molecule has 0 radical (unpaired) electrons. The molecule has 2 aromatic carbocycles. The average Bonchev–Trinajstić information content (AvgIpc) is 3.06. The Bertz CT molecular complexity index is 977. The molecule has 2 heterocycles. The third kappa shape index (κ3) is 2.85. The molecule has 1 aliphatic rings. The van der Waals surface area contributed by atoms with Gasteiger partial charge in [0.15, 0.2) is 17.1 Å². The molecular weight excluding hydrogens is 339 g/mol. The second-order valence-electron chi connectivity index (χ2n) is 6.48. The number of amides is 1. The molecule has 0 bridgehead atoms. The molecule has 0 atom stereocenters. The van der Waals surface area contributed by atoms with E-state index in [1.54, 1.807) is 11.0 Å². The first-order valence-electron chi connectivity index (χ1n) is 8.39. The molecule has 134 valence electrons. The molecule has 0 aliphatic carbocycles. The second kappa shape index (κ2) is 6.33. The number of hydrogen-bond donors (Lipinski definition) is 2. The van der Waals surface area contributed by atoms with Crippen LogP contribution < -0.4 is 0 Å². The van der Waals surface area contributed by atoms with E-state index in [9.17, 15) is 19.4 Å². The fourth-order valence-electron chi connectivity index (χ4n) is 3.42. The number of aromatic nitrogens is 1. The Kier molecular flexibility index (Phi) is 3.99. The summed E-state index contributed by atoms with van der Waals surface area (Å²) in [7, 11) is 0. The minimum Gasteiger partial charge on any atom is -0.504 e. The molecule has 1 aliphatic heterocycles. The van der Waals surface area contributed by atoms with Crippen LogP contribution in [0, 0.1) is 5.82 Å². The van der Waals surface area contributed by atoms with E-state index in [4.69, 9.17) is 4.52 Å². The van der Waals surface area contributed by atoms with Gasteiger partial charge in [-0.05, 0) is 49.2 Å². The minimum absolute atomic E-state index is 0.0929. The van der Waals surface area contributed by atoms with Crippen molar-refractivity contribution in [3.8, 4) is 11.5 Å². The Morgan fingerprint density at radius 3 is 2.62 bits per heavy atom. The van der Waals surface area contributed by atoms with Gasteiger partial charge in [0.25, 0.3) is 5.91 Å². The number of fused-ring (bicyclic) bond motifs is 1. The summed E-state index contributed by atoms with van der Waals surface area (Å²) < 4.78 is 18.8. The normalized spacial score (nSPS) is 15.5. The van der Waals surface area contributed by atoms with Gasteiger partial charge in [-0.2, -0.15) is 0 Å². The first-order valence-corrected chi connectivity index (χ1v) is 8.39. The third-order valence-corrected chi connectivity index (χ3v) is 4.85. The van der Waals surface area contributed by atoms with Crippen molar-refractivity contribution < 1.29 is 23.9 Å². The van der Waals surface area contributed by atoms with Crippen molar-refractivity contribution in [1.82, 2.24) is 10.1 Å². The van der Waals surface area contributed by atoms with Crippen molar-refractivity contribution in [2.75, 3.05) is 13.1 Å². The maximum atomic E-state index is 13.5. The van der Waals surface area contributed by atoms with E-state index in [-0.39, 0.29) is 29.1 Å². The van der Waals surface area contributed by atoms with Crippen molar-refractivity contribution in [1.29, 1.82) is 0 Å². The van der Waals surface area contributed by atoms with Gasteiger partial charge in [-0.25, -0.2) is 4.39 Å². The summed E-state index contributed by atoms with van der Waals surface area (Å²) in [6.07, 6.45) is 1.38. The zero-order chi connectivity index (χ0) is 18.3. The van der Waals surface area contributed by atoms with E-state index in [0.717, 1.165) is 5.69 Å². The average molecular weight is 356 g/mol. The predicted octanol–water partition coefficient (Wildman–Crippen LogP) is 3.40. The van der Waals surface area contributed by atoms with Crippen LogP contribution in [0.25, 0.3) is 11.0 Å². The van der Waals surface area contributed by atoms with Gasteiger partial charge in [0.05, 0.1) is 5.69 Å². The summed E-state index contributed by atoms with van der Waals surface area (Å²) in [5.74, 6) is -1.01. The van der Waals surface area contributed by atoms with Gasteiger partial charge in [0.2, 0.25) is 0 Å². The van der Waals surface area contributed by atoms with Crippen LogP contribution >= 0.6 is 0 Å². The predicted molar refractivity (Wildman–Crippen MR) is 91.6 cm³/mol. The summed E-state index contributed by atoms with van der Waals surface area (Å²) >= 11 is 0. The Labute approximate surface area is 148 Å². The summed E-state index contributed by atoms with van der Waals surface area (Å²) in [4.78, 5) is 14.3. The van der Waals surface area contributed by atoms with Crippen LogP contribution in [-0.4, -0.2) is 39.3 Å². The number of carbonyl (C=O) groups is 1. The zero-order valence-corrected chi connectivity index (χ0v) is 13.9. The molecule has 0 unspecified atom stereocenters. The number of benzene rings is 2. The lowest BCUT2D eigenvalue weighted by Gasteiger charge is -2.31. The van der Waals surface area contributed by atoms with E-state index in [0.29, 0.717) is 42.5 Å². The van der Waals surface area contributed by atoms with Crippen LogP contribution in [0.2, 0.25) is 0 Å². The van der Waals surface area contributed by atoms with Gasteiger partial charge in [-0.15, -0.1) is 0 Å². The highest BCUT2D eigenvalue weighted by molar-refractivity contribution is 5.95. The Morgan fingerprint density at radius 1 is 1.12 bits per heavy atom. The van der Waals surface area contributed by atoms with Crippen LogP contribution in [0.5, 0.6) is 11.5 Å². The quantitative estimate of drug-likeness (QED) is 0.687. The van der Waals surface area contributed by atoms with E-state index in [1.807, 2.05) is 0 Å². The van der Waals surface area contributed by atoms with Crippen molar-refractivity contribution in [3.05, 3.63) is 53.5 Å². The molecule has 3 aromatic rings. The lowest BCUT2D eigenvalue weighted by molar-refractivity contribution is 0.0711. The number of nitrogens with zero attached hydrogens (tertiary/aromatic N) is 2. The van der Waals surface area contributed by atoms with Crippen molar-refractivity contribution in [3.63, 3.8) is 0 Å². The lowest BCUT2D eigenvalue weighted by atomic mass is 9.91. The summed E-state index contributed by atoms with van der Waals surface area (Å²) in [5, 5.41) is 23.7. The highest BCUT2D eigenvalue weighted by Gasteiger charge is 2.28.